The van der Waals surface area contributed by atoms with E-state index in [1.807, 2.05) is 26.0 Å². The molecule has 4 aromatic rings. The van der Waals surface area contributed by atoms with Gasteiger partial charge in [-0.15, -0.1) is 0 Å². The summed E-state index contributed by atoms with van der Waals surface area (Å²) in [4.78, 5) is 46.8. The predicted molar refractivity (Wildman–Crippen MR) is 147 cm³/mol. The Labute approximate surface area is 222 Å². The zero-order valence-electron chi connectivity index (χ0n) is 20.6. The molecule has 0 unspecified atom stereocenters. The Morgan fingerprint density at radius 1 is 1.21 bits per heavy atom. The van der Waals surface area contributed by atoms with Gasteiger partial charge in [0.25, 0.3) is 11.5 Å². The number of anilines is 3. The number of halogens is 1. The molecule has 196 valence electrons. The van der Waals surface area contributed by atoms with Gasteiger partial charge in [0, 0.05) is 17.9 Å². The number of nitrogens with one attached hydrogen (secondary N) is 3. The van der Waals surface area contributed by atoms with Crippen LogP contribution in [0, 0.1) is 6.92 Å². The van der Waals surface area contributed by atoms with E-state index < -0.39 is 11.5 Å². The number of hydrogen-bond acceptors (Lipinski definition) is 8. The van der Waals surface area contributed by atoms with Crippen LogP contribution in [-0.4, -0.2) is 45.8 Å². The van der Waals surface area contributed by atoms with E-state index in [0.29, 0.717) is 17.8 Å². The summed E-state index contributed by atoms with van der Waals surface area (Å²) in [5.74, 6) is -0.827. The number of fused-ring (bicyclic) bond motifs is 1. The van der Waals surface area contributed by atoms with Crippen LogP contribution in [0.25, 0.3) is 11.1 Å². The maximum atomic E-state index is 13.7. The second-order valence-corrected chi connectivity index (χ2v) is 8.57. The summed E-state index contributed by atoms with van der Waals surface area (Å²) in [6.07, 6.45) is 1.82. The molecule has 2 aromatic heterocycles. The van der Waals surface area contributed by atoms with Gasteiger partial charge in [-0.2, -0.15) is 4.98 Å². The van der Waals surface area contributed by atoms with E-state index in [-0.39, 0.29) is 46.5 Å². The SMILES string of the molecule is CCNc1ccc(N=C(C(=O)Nc2cc(NC=O)ccc2Cl)c2nc3occc3c(=O)n2CCO)c(C)c1. The highest BCUT2D eigenvalue weighted by Crippen LogP contribution is 2.27. The molecule has 4 N–H and O–H groups in total. The van der Waals surface area contributed by atoms with Crippen LogP contribution in [0.5, 0.6) is 0 Å². The number of furan rings is 1. The number of carbonyl (C=O) groups is 2. The van der Waals surface area contributed by atoms with E-state index in [9.17, 15) is 19.5 Å². The van der Waals surface area contributed by atoms with E-state index in [1.54, 1.807) is 12.1 Å². The number of aliphatic imine (C=N–C) groups is 1. The fraction of sp³-hybridized carbons (Fsp3) is 0.192. The summed E-state index contributed by atoms with van der Waals surface area (Å²) in [7, 11) is 0. The van der Waals surface area contributed by atoms with E-state index in [1.165, 1.54) is 29.0 Å². The number of aliphatic hydroxyl groups is 1. The number of aliphatic hydroxyl groups excluding tert-OH is 1. The van der Waals surface area contributed by atoms with Crippen molar-refractivity contribution in [1.29, 1.82) is 0 Å². The number of carbonyl (C=O) groups excluding carboxylic acids is 2. The maximum absolute atomic E-state index is 13.7. The third kappa shape index (κ3) is 5.58. The van der Waals surface area contributed by atoms with Crippen molar-refractivity contribution in [2.45, 2.75) is 20.4 Å². The van der Waals surface area contributed by atoms with Crippen molar-refractivity contribution in [3.63, 3.8) is 0 Å². The van der Waals surface area contributed by atoms with Crippen LogP contribution in [0.2, 0.25) is 5.02 Å². The summed E-state index contributed by atoms with van der Waals surface area (Å²) in [6, 6.07) is 11.5. The molecule has 2 heterocycles. The van der Waals surface area contributed by atoms with Gasteiger partial charge < -0.3 is 25.5 Å². The Balaban J connectivity index is 1.89. The molecule has 0 atom stereocenters. The molecule has 38 heavy (non-hydrogen) atoms. The summed E-state index contributed by atoms with van der Waals surface area (Å²) < 4.78 is 6.53. The lowest BCUT2D eigenvalue weighted by atomic mass is 10.1. The maximum Gasteiger partial charge on any atom is 0.278 e. The van der Waals surface area contributed by atoms with Crippen molar-refractivity contribution in [1.82, 2.24) is 9.55 Å². The van der Waals surface area contributed by atoms with Gasteiger partial charge in [0.2, 0.25) is 12.1 Å². The first-order valence-corrected chi connectivity index (χ1v) is 12.1. The second kappa shape index (κ2) is 11.7. The molecule has 0 fully saturated rings. The number of rotatable bonds is 10. The van der Waals surface area contributed by atoms with Crippen LogP contribution < -0.4 is 21.5 Å². The molecule has 0 spiro atoms. The standard InChI is InChI=1S/C26H25ClN6O5/c1-3-28-16-5-7-20(15(2)12-16)30-22(24(36)31-21-13-17(29-14-35)4-6-19(21)27)23-32-25-18(8-11-38-25)26(37)33(23)9-10-34/h4-8,11-14,28,34H,3,9-10H2,1-2H3,(H,29,35)(H,31,36). The van der Waals surface area contributed by atoms with Gasteiger partial charge in [0.05, 0.1) is 35.8 Å². The second-order valence-electron chi connectivity index (χ2n) is 8.16. The number of aromatic nitrogens is 2. The van der Waals surface area contributed by atoms with Crippen molar-refractivity contribution in [2.75, 3.05) is 29.1 Å². The van der Waals surface area contributed by atoms with Crippen molar-refractivity contribution >= 4 is 63.5 Å². The third-order valence-electron chi connectivity index (χ3n) is 5.58. The normalized spacial score (nSPS) is 11.4. The van der Waals surface area contributed by atoms with Gasteiger partial charge in [-0.25, -0.2) is 4.99 Å². The average molecular weight is 537 g/mol. The third-order valence-corrected chi connectivity index (χ3v) is 5.91. The Hall–Kier alpha value is -4.48. The van der Waals surface area contributed by atoms with E-state index in [4.69, 9.17) is 16.0 Å². The Morgan fingerprint density at radius 2 is 2.00 bits per heavy atom. The minimum atomic E-state index is -0.727. The van der Waals surface area contributed by atoms with Crippen LogP contribution in [0.3, 0.4) is 0 Å². The van der Waals surface area contributed by atoms with Crippen molar-refractivity contribution < 1.29 is 19.1 Å². The van der Waals surface area contributed by atoms with Gasteiger partial charge in [-0.05, 0) is 61.9 Å². The van der Waals surface area contributed by atoms with E-state index >= 15 is 0 Å². The molecule has 0 aliphatic heterocycles. The lowest BCUT2D eigenvalue weighted by Gasteiger charge is -2.15. The molecule has 0 aliphatic rings. The van der Waals surface area contributed by atoms with Crippen molar-refractivity contribution in [2.24, 2.45) is 4.99 Å². The molecule has 0 saturated heterocycles. The van der Waals surface area contributed by atoms with Crippen LogP contribution in [0.4, 0.5) is 22.7 Å². The van der Waals surface area contributed by atoms with Crippen molar-refractivity contribution in [3.05, 3.63) is 75.5 Å². The Morgan fingerprint density at radius 3 is 2.71 bits per heavy atom. The predicted octanol–water partition coefficient (Wildman–Crippen LogP) is 3.70. The minimum Gasteiger partial charge on any atom is -0.446 e. The molecule has 2 aromatic carbocycles. The lowest BCUT2D eigenvalue weighted by Crippen LogP contribution is -2.34. The molecule has 2 amide bonds. The number of amides is 2. The van der Waals surface area contributed by atoms with Gasteiger partial charge in [0.1, 0.15) is 5.39 Å². The van der Waals surface area contributed by atoms with Crippen LogP contribution in [0.1, 0.15) is 18.3 Å². The van der Waals surface area contributed by atoms with Crippen LogP contribution in [-0.2, 0) is 16.1 Å². The molecular weight excluding hydrogens is 512 g/mol. The van der Waals surface area contributed by atoms with Gasteiger partial charge in [-0.1, -0.05) is 11.6 Å². The molecule has 4 rings (SSSR count). The number of aryl methyl sites for hydroxylation is 1. The summed E-state index contributed by atoms with van der Waals surface area (Å²) in [5, 5.41) is 18.5. The highest BCUT2D eigenvalue weighted by molar-refractivity contribution is 6.49. The minimum absolute atomic E-state index is 0.0223. The number of hydrogen-bond donors (Lipinski definition) is 4. The molecule has 11 nitrogen and oxygen atoms in total. The molecular formula is C26H25ClN6O5. The van der Waals surface area contributed by atoms with Gasteiger partial charge in [0.15, 0.2) is 11.5 Å². The van der Waals surface area contributed by atoms with Crippen molar-refractivity contribution in [3.8, 4) is 0 Å². The first-order valence-electron chi connectivity index (χ1n) is 11.7. The molecule has 0 saturated carbocycles. The largest absolute Gasteiger partial charge is 0.446 e. The Kier molecular flexibility index (Phi) is 8.19. The topological polar surface area (TPSA) is 151 Å². The molecule has 0 bridgehead atoms. The molecule has 0 radical (unpaired) electrons. The lowest BCUT2D eigenvalue weighted by molar-refractivity contribution is -0.110. The fourth-order valence-corrected chi connectivity index (χ4v) is 3.98. The summed E-state index contributed by atoms with van der Waals surface area (Å²) in [6.45, 7) is 4.03. The molecule has 12 heteroatoms. The Bertz CT molecular complexity index is 1590. The highest BCUT2D eigenvalue weighted by Gasteiger charge is 2.24. The monoisotopic (exact) mass is 536 g/mol. The van der Waals surface area contributed by atoms with Crippen LogP contribution in [0.15, 0.2) is 62.9 Å². The van der Waals surface area contributed by atoms with Gasteiger partial charge in [-0.3, -0.25) is 19.0 Å². The average Bonchev–Trinajstić information content (AvgIpc) is 3.37. The summed E-state index contributed by atoms with van der Waals surface area (Å²) in [5.41, 5.74) is 2.02. The number of nitrogens with zero attached hydrogens (tertiary/aromatic N) is 3. The number of benzene rings is 2. The quantitative estimate of drug-likeness (QED) is 0.178. The summed E-state index contributed by atoms with van der Waals surface area (Å²) >= 11 is 6.30. The molecule has 0 aliphatic carbocycles. The first kappa shape index (κ1) is 26.6. The van der Waals surface area contributed by atoms with E-state index in [2.05, 4.69) is 25.9 Å². The highest BCUT2D eigenvalue weighted by atomic mass is 35.5. The van der Waals surface area contributed by atoms with E-state index in [0.717, 1.165) is 17.8 Å². The fourth-order valence-electron chi connectivity index (χ4n) is 3.82. The zero-order valence-corrected chi connectivity index (χ0v) is 21.4. The first-order chi connectivity index (χ1) is 18.4. The smallest absolute Gasteiger partial charge is 0.278 e. The van der Waals surface area contributed by atoms with Gasteiger partial charge >= 0.3 is 0 Å². The zero-order chi connectivity index (χ0) is 27.2. The van der Waals surface area contributed by atoms with Crippen LogP contribution >= 0.6 is 11.6 Å².